The zero-order valence-corrected chi connectivity index (χ0v) is 11.3. The van der Waals surface area contributed by atoms with Crippen LogP contribution >= 0.6 is 0 Å². The predicted molar refractivity (Wildman–Crippen MR) is 70.6 cm³/mol. The molecule has 4 nitrogen and oxygen atoms in total. The quantitative estimate of drug-likeness (QED) is 0.848. The second kappa shape index (κ2) is 6.17. The van der Waals surface area contributed by atoms with Gasteiger partial charge >= 0.3 is 5.97 Å². The van der Waals surface area contributed by atoms with E-state index in [1.807, 2.05) is 13.0 Å². The molecular formula is C15H20O4. The Labute approximate surface area is 113 Å². The molecule has 104 valence electrons. The number of rotatable bonds is 4. The third-order valence-corrected chi connectivity index (χ3v) is 3.59. The molecule has 19 heavy (non-hydrogen) atoms. The van der Waals surface area contributed by atoms with E-state index in [0.717, 1.165) is 12.8 Å². The number of carbonyl (C=O) groups excluding carboxylic acids is 1. The van der Waals surface area contributed by atoms with Crippen LogP contribution in [0, 0.1) is 5.92 Å². The molecule has 4 atom stereocenters. The Balaban J connectivity index is 1.94. The van der Waals surface area contributed by atoms with Gasteiger partial charge in [-0.05, 0) is 31.9 Å². The highest BCUT2D eigenvalue weighted by atomic mass is 16.6. The summed E-state index contributed by atoms with van der Waals surface area (Å²) in [5.74, 6) is -0.516. The molecule has 1 aliphatic rings. The fourth-order valence-corrected chi connectivity index (χ4v) is 2.36. The molecule has 3 unspecified atom stereocenters. The topological polar surface area (TPSA) is 55.8 Å². The van der Waals surface area contributed by atoms with Crippen LogP contribution in [0.5, 0.6) is 0 Å². The molecule has 1 aromatic carbocycles. The summed E-state index contributed by atoms with van der Waals surface area (Å²) in [5.41, 5.74) is 0.523. The molecule has 0 amide bonds. The zero-order chi connectivity index (χ0) is 13.8. The minimum atomic E-state index is -0.844. The molecule has 0 radical (unpaired) electrons. The number of esters is 1. The lowest BCUT2D eigenvalue weighted by atomic mass is 9.98. The summed E-state index contributed by atoms with van der Waals surface area (Å²) in [7, 11) is 0. The van der Waals surface area contributed by atoms with E-state index in [0.29, 0.717) is 5.56 Å². The van der Waals surface area contributed by atoms with Crippen LogP contribution in [0.4, 0.5) is 0 Å². The van der Waals surface area contributed by atoms with Crippen LogP contribution in [0.15, 0.2) is 30.3 Å². The average molecular weight is 264 g/mol. The highest BCUT2D eigenvalue weighted by Gasteiger charge is 2.38. The first-order valence-electron chi connectivity index (χ1n) is 6.71. The first kappa shape index (κ1) is 14.0. The van der Waals surface area contributed by atoms with Gasteiger partial charge in [-0.25, -0.2) is 4.79 Å². The van der Waals surface area contributed by atoms with Gasteiger partial charge in [0.2, 0.25) is 0 Å². The SMILES string of the molecule is CC[C@@H]1CC(C(C)OC(=O)c2ccccc2)C(O)O1. The van der Waals surface area contributed by atoms with E-state index in [4.69, 9.17) is 9.47 Å². The summed E-state index contributed by atoms with van der Waals surface area (Å²) in [4.78, 5) is 11.9. The molecule has 0 saturated carbocycles. The van der Waals surface area contributed by atoms with Gasteiger partial charge < -0.3 is 14.6 Å². The van der Waals surface area contributed by atoms with Crippen molar-refractivity contribution in [2.45, 2.75) is 45.2 Å². The molecular weight excluding hydrogens is 244 g/mol. The Bertz CT molecular complexity index is 417. The Kier molecular flexibility index (Phi) is 4.56. The van der Waals surface area contributed by atoms with Gasteiger partial charge in [-0.2, -0.15) is 0 Å². The van der Waals surface area contributed by atoms with Gasteiger partial charge in [0, 0.05) is 5.92 Å². The highest BCUT2D eigenvalue weighted by molar-refractivity contribution is 5.89. The summed E-state index contributed by atoms with van der Waals surface area (Å²) >= 11 is 0. The largest absolute Gasteiger partial charge is 0.459 e. The van der Waals surface area contributed by atoms with Gasteiger partial charge in [-0.15, -0.1) is 0 Å². The summed E-state index contributed by atoms with van der Waals surface area (Å²) in [6.45, 7) is 3.82. The molecule has 1 saturated heterocycles. The Morgan fingerprint density at radius 2 is 2.16 bits per heavy atom. The van der Waals surface area contributed by atoms with Gasteiger partial charge in [-0.1, -0.05) is 25.1 Å². The first-order chi connectivity index (χ1) is 9.11. The minimum absolute atomic E-state index is 0.0536. The summed E-state index contributed by atoms with van der Waals surface area (Å²) in [5, 5.41) is 9.83. The van der Waals surface area contributed by atoms with Gasteiger partial charge in [0.15, 0.2) is 6.29 Å². The first-order valence-corrected chi connectivity index (χ1v) is 6.71. The molecule has 0 spiro atoms. The van der Waals surface area contributed by atoms with Gasteiger partial charge in [0.05, 0.1) is 11.7 Å². The Morgan fingerprint density at radius 3 is 2.74 bits per heavy atom. The van der Waals surface area contributed by atoms with Crippen molar-refractivity contribution in [3.63, 3.8) is 0 Å². The summed E-state index contributed by atoms with van der Waals surface area (Å²) < 4.78 is 10.8. The van der Waals surface area contributed by atoms with E-state index in [-0.39, 0.29) is 24.1 Å². The predicted octanol–water partition coefficient (Wildman–Crippen LogP) is 2.37. The number of hydrogen-bond donors (Lipinski definition) is 1. The molecule has 1 N–H and O–H groups in total. The molecule has 0 bridgehead atoms. The summed E-state index contributed by atoms with van der Waals surface area (Å²) in [6, 6.07) is 8.86. The van der Waals surface area contributed by atoms with Crippen LogP contribution < -0.4 is 0 Å². The molecule has 1 aliphatic heterocycles. The average Bonchev–Trinajstić information content (AvgIpc) is 2.81. The van der Waals surface area contributed by atoms with E-state index in [2.05, 4.69) is 0 Å². The maximum atomic E-state index is 11.9. The van der Waals surface area contributed by atoms with Gasteiger partial charge in [0.1, 0.15) is 6.10 Å². The third-order valence-electron chi connectivity index (χ3n) is 3.59. The number of aliphatic hydroxyl groups is 1. The van der Waals surface area contributed by atoms with E-state index in [1.165, 1.54) is 0 Å². The van der Waals surface area contributed by atoms with Crippen LogP contribution in [0.25, 0.3) is 0 Å². The Morgan fingerprint density at radius 1 is 1.47 bits per heavy atom. The van der Waals surface area contributed by atoms with Crippen LogP contribution in [0.2, 0.25) is 0 Å². The number of ether oxygens (including phenoxy) is 2. The van der Waals surface area contributed by atoms with Crippen molar-refractivity contribution in [1.82, 2.24) is 0 Å². The fourth-order valence-electron chi connectivity index (χ4n) is 2.36. The second-order valence-corrected chi connectivity index (χ2v) is 4.93. The third kappa shape index (κ3) is 3.33. The fraction of sp³-hybridized carbons (Fsp3) is 0.533. The number of aliphatic hydroxyl groups excluding tert-OH is 1. The van der Waals surface area contributed by atoms with Crippen LogP contribution in [-0.4, -0.2) is 29.6 Å². The van der Waals surface area contributed by atoms with Crippen LogP contribution in [0.3, 0.4) is 0 Å². The van der Waals surface area contributed by atoms with Crippen molar-refractivity contribution in [3.8, 4) is 0 Å². The Hall–Kier alpha value is -1.39. The lowest BCUT2D eigenvalue weighted by molar-refractivity contribution is -0.124. The second-order valence-electron chi connectivity index (χ2n) is 4.93. The van der Waals surface area contributed by atoms with E-state index >= 15 is 0 Å². The molecule has 1 fully saturated rings. The van der Waals surface area contributed by atoms with Crippen molar-refractivity contribution in [2.75, 3.05) is 0 Å². The van der Waals surface area contributed by atoms with Crippen molar-refractivity contribution in [1.29, 1.82) is 0 Å². The molecule has 0 aromatic heterocycles. The minimum Gasteiger partial charge on any atom is -0.459 e. The maximum absolute atomic E-state index is 11.9. The van der Waals surface area contributed by atoms with E-state index in [9.17, 15) is 9.90 Å². The molecule has 2 rings (SSSR count). The lowest BCUT2D eigenvalue weighted by Gasteiger charge is -2.21. The normalized spacial score (nSPS) is 28.1. The van der Waals surface area contributed by atoms with Crippen molar-refractivity contribution in [3.05, 3.63) is 35.9 Å². The lowest BCUT2D eigenvalue weighted by Crippen LogP contribution is -2.30. The van der Waals surface area contributed by atoms with Crippen molar-refractivity contribution in [2.24, 2.45) is 5.92 Å². The van der Waals surface area contributed by atoms with Crippen molar-refractivity contribution < 1.29 is 19.4 Å². The zero-order valence-electron chi connectivity index (χ0n) is 11.3. The van der Waals surface area contributed by atoms with Gasteiger partial charge in [-0.3, -0.25) is 0 Å². The van der Waals surface area contributed by atoms with Crippen LogP contribution in [0.1, 0.15) is 37.0 Å². The monoisotopic (exact) mass is 264 g/mol. The number of hydrogen-bond acceptors (Lipinski definition) is 4. The molecule has 0 aliphatic carbocycles. The summed E-state index contributed by atoms with van der Waals surface area (Å²) in [6.07, 6.45) is 0.425. The number of carbonyl (C=O) groups is 1. The van der Waals surface area contributed by atoms with E-state index in [1.54, 1.807) is 31.2 Å². The van der Waals surface area contributed by atoms with Gasteiger partial charge in [0.25, 0.3) is 0 Å². The molecule has 1 heterocycles. The van der Waals surface area contributed by atoms with Crippen molar-refractivity contribution >= 4 is 5.97 Å². The number of benzene rings is 1. The van der Waals surface area contributed by atoms with E-state index < -0.39 is 6.29 Å². The maximum Gasteiger partial charge on any atom is 0.338 e. The molecule has 1 aromatic rings. The van der Waals surface area contributed by atoms with Crippen LogP contribution in [-0.2, 0) is 9.47 Å². The highest BCUT2D eigenvalue weighted by Crippen LogP contribution is 2.30. The molecule has 4 heteroatoms. The smallest absolute Gasteiger partial charge is 0.338 e. The standard InChI is InChI=1S/C15H20O4/c1-3-12-9-13(15(17)19-12)10(2)18-14(16)11-7-5-4-6-8-11/h4-8,10,12-13,15,17H,3,9H2,1-2H3/t10?,12-,13?,15?/m1/s1.